The molecule has 2 aliphatic carbocycles. The van der Waals surface area contributed by atoms with E-state index in [0.29, 0.717) is 62.9 Å². The van der Waals surface area contributed by atoms with Gasteiger partial charge in [0.25, 0.3) is 0 Å². The zero-order valence-corrected chi connectivity index (χ0v) is 24.5. The van der Waals surface area contributed by atoms with Crippen LogP contribution in [0, 0.1) is 17.5 Å². The van der Waals surface area contributed by atoms with Crippen molar-refractivity contribution in [2.75, 3.05) is 26.2 Å². The lowest BCUT2D eigenvalue weighted by Gasteiger charge is -2.45. The van der Waals surface area contributed by atoms with E-state index < -0.39 is 56.1 Å². The maximum Gasteiger partial charge on any atom is 0.410 e. The molecule has 0 N–H and O–H groups in total. The van der Waals surface area contributed by atoms with Gasteiger partial charge in [0.1, 0.15) is 27.9 Å². The molecule has 11 heteroatoms. The van der Waals surface area contributed by atoms with Crippen LogP contribution in [0.3, 0.4) is 0 Å². The summed E-state index contributed by atoms with van der Waals surface area (Å²) >= 11 is 0. The van der Waals surface area contributed by atoms with Crippen LogP contribution in [0.1, 0.15) is 75.8 Å². The summed E-state index contributed by atoms with van der Waals surface area (Å²) in [4.78, 5) is 17.0. The molecule has 1 amide bonds. The minimum Gasteiger partial charge on any atom is -0.441 e. The summed E-state index contributed by atoms with van der Waals surface area (Å²) in [5, 5.41) is 0. The lowest BCUT2D eigenvalue weighted by molar-refractivity contribution is -0.0169. The largest absolute Gasteiger partial charge is 0.441 e. The molecule has 4 aliphatic rings. The standard InChI is InChI=1S/C31H38F3N3O4S/c32-23-7-4-6-22(20-23)27-10-5-11-29(37(27)42(39,40)28-13-12-24(33)21-26(28)34)31(14-15-31)41-30(38)36-18-16-35(17-19-36)25-8-2-1-3-9-25/h4,6-7,12-13,20-21,25,27,29H,1-3,5,8-11,14-19H2/t27-,29+/m0/s1. The molecule has 42 heavy (non-hydrogen) atoms. The van der Waals surface area contributed by atoms with Crippen LogP contribution in [-0.4, -0.2) is 72.5 Å². The number of hydrogen-bond donors (Lipinski definition) is 0. The molecular formula is C31H38F3N3O4S. The van der Waals surface area contributed by atoms with Gasteiger partial charge in [-0.15, -0.1) is 0 Å². The first-order valence-corrected chi connectivity index (χ1v) is 16.6. The van der Waals surface area contributed by atoms with Crippen molar-refractivity contribution in [1.82, 2.24) is 14.1 Å². The fraction of sp³-hybridized carbons (Fsp3) is 0.581. The highest BCUT2D eigenvalue weighted by molar-refractivity contribution is 7.89. The third kappa shape index (κ3) is 5.79. The van der Waals surface area contributed by atoms with Crippen LogP contribution in [-0.2, 0) is 14.8 Å². The number of hydrogen-bond acceptors (Lipinski definition) is 5. The van der Waals surface area contributed by atoms with Gasteiger partial charge in [0.05, 0.1) is 12.1 Å². The number of amides is 1. The number of carbonyl (C=O) groups excluding carboxylic acids is 1. The Morgan fingerprint density at radius 1 is 0.833 bits per heavy atom. The molecule has 2 atom stereocenters. The molecule has 2 heterocycles. The molecule has 2 saturated carbocycles. The summed E-state index contributed by atoms with van der Waals surface area (Å²) < 4.78 is 78.7. The molecule has 2 saturated heterocycles. The van der Waals surface area contributed by atoms with Gasteiger partial charge < -0.3 is 9.64 Å². The Kier molecular flexibility index (Phi) is 8.28. The molecule has 2 aliphatic heterocycles. The molecule has 2 aromatic rings. The van der Waals surface area contributed by atoms with Crippen LogP contribution in [0.2, 0.25) is 0 Å². The van der Waals surface area contributed by atoms with Crippen molar-refractivity contribution in [2.24, 2.45) is 0 Å². The second kappa shape index (κ2) is 11.8. The summed E-state index contributed by atoms with van der Waals surface area (Å²) in [6.07, 6.45) is 8.04. The average Bonchev–Trinajstić information content (AvgIpc) is 3.77. The Balaban J connectivity index is 1.26. The van der Waals surface area contributed by atoms with Crippen LogP contribution in [0.4, 0.5) is 18.0 Å². The predicted octanol–water partition coefficient (Wildman–Crippen LogP) is 6.01. The first-order chi connectivity index (χ1) is 20.2. The third-order valence-corrected chi connectivity index (χ3v) is 11.5. The Morgan fingerprint density at radius 2 is 1.55 bits per heavy atom. The number of piperazine rings is 1. The topological polar surface area (TPSA) is 70.2 Å². The Labute approximate surface area is 245 Å². The summed E-state index contributed by atoms with van der Waals surface area (Å²) in [6, 6.07) is 7.09. The summed E-state index contributed by atoms with van der Waals surface area (Å²) in [5.74, 6) is -2.60. The first-order valence-electron chi connectivity index (χ1n) is 15.1. The van der Waals surface area contributed by atoms with E-state index in [1.807, 2.05) is 0 Å². The van der Waals surface area contributed by atoms with E-state index in [-0.39, 0.29) is 0 Å². The maximum atomic E-state index is 15.0. The van der Waals surface area contributed by atoms with Crippen molar-refractivity contribution in [3.63, 3.8) is 0 Å². The third-order valence-electron chi connectivity index (χ3n) is 9.56. The van der Waals surface area contributed by atoms with Gasteiger partial charge in [-0.25, -0.2) is 26.4 Å². The summed E-state index contributed by atoms with van der Waals surface area (Å²) in [5.41, 5.74) is -0.626. The maximum absolute atomic E-state index is 15.0. The molecule has 0 unspecified atom stereocenters. The smallest absolute Gasteiger partial charge is 0.410 e. The van der Waals surface area contributed by atoms with Gasteiger partial charge in [0.2, 0.25) is 10.0 Å². The highest BCUT2D eigenvalue weighted by Crippen LogP contribution is 2.53. The number of carbonyl (C=O) groups is 1. The minimum atomic E-state index is -4.53. The van der Waals surface area contributed by atoms with Crippen LogP contribution >= 0.6 is 0 Å². The van der Waals surface area contributed by atoms with Crippen molar-refractivity contribution in [2.45, 2.75) is 92.8 Å². The molecule has 4 fully saturated rings. The van der Waals surface area contributed by atoms with E-state index in [1.165, 1.54) is 54.6 Å². The van der Waals surface area contributed by atoms with Crippen molar-refractivity contribution in [3.8, 4) is 0 Å². The number of nitrogens with zero attached hydrogens (tertiary/aromatic N) is 3. The monoisotopic (exact) mass is 605 g/mol. The molecule has 0 bridgehead atoms. The van der Waals surface area contributed by atoms with E-state index in [9.17, 15) is 26.4 Å². The highest BCUT2D eigenvalue weighted by atomic mass is 32.2. The van der Waals surface area contributed by atoms with Gasteiger partial charge in [-0.1, -0.05) is 31.4 Å². The van der Waals surface area contributed by atoms with Crippen molar-refractivity contribution in [3.05, 3.63) is 65.5 Å². The lowest BCUT2D eigenvalue weighted by atomic mass is 9.90. The van der Waals surface area contributed by atoms with Crippen molar-refractivity contribution >= 4 is 16.1 Å². The zero-order chi connectivity index (χ0) is 29.5. The first kappa shape index (κ1) is 29.4. The number of halogens is 3. The van der Waals surface area contributed by atoms with Crippen LogP contribution in [0.5, 0.6) is 0 Å². The number of sulfonamides is 1. The van der Waals surface area contributed by atoms with Gasteiger partial charge >= 0.3 is 6.09 Å². The lowest BCUT2D eigenvalue weighted by Crippen LogP contribution is -2.56. The molecule has 0 radical (unpaired) electrons. The summed E-state index contributed by atoms with van der Waals surface area (Å²) in [6.45, 7) is 2.65. The zero-order valence-electron chi connectivity index (χ0n) is 23.7. The predicted molar refractivity (Wildman–Crippen MR) is 151 cm³/mol. The minimum absolute atomic E-state index is 0.384. The second-order valence-corrected chi connectivity index (χ2v) is 14.0. The fourth-order valence-corrected chi connectivity index (χ4v) is 9.18. The Hall–Kier alpha value is -2.63. The molecule has 7 nitrogen and oxygen atoms in total. The van der Waals surface area contributed by atoms with Gasteiger partial charge in [0, 0.05) is 38.3 Å². The number of benzene rings is 2. The molecule has 228 valence electrons. The van der Waals surface area contributed by atoms with Gasteiger partial charge in [-0.05, 0) is 74.8 Å². The van der Waals surface area contributed by atoms with Gasteiger partial charge in [0.15, 0.2) is 0 Å². The Morgan fingerprint density at radius 3 is 2.21 bits per heavy atom. The van der Waals surface area contributed by atoms with Gasteiger partial charge in [-0.3, -0.25) is 4.90 Å². The number of rotatable bonds is 6. The fourth-order valence-electron chi connectivity index (χ4n) is 7.21. The van der Waals surface area contributed by atoms with E-state index in [2.05, 4.69) is 4.90 Å². The molecule has 0 spiro atoms. The Bertz CT molecular complexity index is 1410. The van der Waals surface area contributed by atoms with Crippen LogP contribution in [0.25, 0.3) is 0 Å². The molecule has 0 aromatic heterocycles. The van der Waals surface area contributed by atoms with Crippen molar-refractivity contribution < 1.29 is 31.1 Å². The van der Waals surface area contributed by atoms with Gasteiger partial charge in [-0.2, -0.15) is 4.31 Å². The average molecular weight is 606 g/mol. The van der Waals surface area contributed by atoms with E-state index in [1.54, 1.807) is 11.0 Å². The molecule has 6 rings (SSSR count). The molecular weight excluding hydrogens is 567 g/mol. The molecule has 2 aromatic carbocycles. The van der Waals surface area contributed by atoms with Crippen LogP contribution < -0.4 is 0 Å². The highest BCUT2D eigenvalue weighted by Gasteiger charge is 2.60. The summed E-state index contributed by atoms with van der Waals surface area (Å²) in [7, 11) is -4.53. The van der Waals surface area contributed by atoms with E-state index >= 15 is 0 Å². The quantitative estimate of drug-likeness (QED) is 0.404. The number of ether oxygens (including phenoxy) is 1. The van der Waals surface area contributed by atoms with Crippen molar-refractivity contribution in [1.29, 1.82) is 0 Å². The number of piperidine rings is 1. The van der Waals surface area contributed by atoms with Crippen LogP contribution in [0.15, 0.2) is 47.4 Å². The SMILES string of the molecule is O=C(OC1([C@H]2CCC[C@@H](c3cccc(F)c3)N2S(=O)(=O)c2ccc(F)cc2F)CC1)N1CCN(C2CCCCC2)CC1. The second-order valence-electron chi connectivity index (χ2n) is 12.2. The normalized spacial score (nSPS) is 25.7. The van der Waals surface area contributed by atoms with E-state index in [0.717, 1.165) is 25.2 Å². The van der Waals surface area contributed by atoms with E-state index in [4.69, 9.17) is 4.74 Å².